The molecule has 1 aromatic rings. The summed E-state index contributed by atoms with van der Waals surface area (Å²) in [6.07, 6.45) is -2.84. The summed E-state index contributed by atoms with van der Waals surface area (Å²) in [4.78, 5) is 12.7. The van der Waals surface area contributed by atoms with Crippen molar-refractivity contribution < 1.29 is 18.0 Å². The molecule has 3 N–H and O–H groups in total. The van der Waals surface area contributed by atoms with Crippen LogP contribution in [0.25, 0.3) is 0 Å². The smallest absolute Gasteiger partial charge is 0.369 e. The van der Waals surface area contributed by atoms with Crippen molar-refractivity contribution in [3.63, 3.8) is 0 Å². The normalized spacial score (nSPS) is 21.5. The van der Waals surface area contributed by atoms with E-state index in [0.717, 1.165) is 25.5 Å². The number of aromatic nitrogens is 2. The Balaban J connectivity index is 2.05. The molecule has 1 aromatic heterocycles. The predicted octanol–water partition coefficient (Wildman–Crippen LogP) is 1.09. The molecule has 2 heterocycles. The minimum atomic E-state index is -4.43. The van der Waals surface area contributed by atoms with Gasteiger partial charge in [-0.25, -0.2) is 0 Å². The molecule has 1 fully saturated rings. The maximum absolute atomic E-state index is 12.5. The van der Waals surface area contributed by atoms with Crippen LogP contribution in [-0.4, -0.2) is 40.6 Å². The Labute approximate surface area is 108 Å². The second-order valence-electron chi connectivity index (χ2n) is 4.75. The number of halogens is 3. The molecule has 0 aromatic carbocycles. The van der Waals surface area contributed by atoms with E-state index in [2.05, 4.69) is 10.2 Å². The molecule has 0 spiro atoms. The number of primary amides is 1. The summed E-state index contributed by atoms with van der Waals surface area (Å²) in [5, 5.41) is 5.73. The van der Waals surface area contributed by atoms with Crippen LogP contribution < -0.4 is 5.73 Å². The van der Waals surface area contributed by atoms with Crippen molar-refractivity contribution >= 4 is 5.91 Å². The van der Waals surface area contributed by atoms with Gasteiger partial charge in [-0.05, 0) is 25.5 Å². The maximum Gasteiger partial charge on any atom is 0.435 e. The van der Waals surface area contributed by atoms with Crippen LogP contribution in [0, 0.1) is 0 Å². The maximum atomic E-state index is 12.5. The van der Waals surface area contributed by atoms with Gasteiger partial charge in [-0.2, -0.15) is 18.3 Å². The zero-order chi connectivity index (χ0) is 14.0. The second kappa shape index (κ2) is 5.20. The Morgan fingerprint density at radius 2 is 2.32 bits per heavy atom. The lowest BCUT2D eigenvalue weighted by atomic mass is 9.94. The largest absolute Gasteiger partial charge is 0.435 e. The van der Waals surface area contributed by atoms with Gasteiger partial charge in [0, 0.05) is 18.2 Å². The summed E-state index contributed by atoms with van der Waals surface area (Å²) in [5.41, 5.74) is 4.67. The third-order valence-corrected chi connectivity index (χ3v) is 3.21. The number of nitrogens with two attached hydrogens (primary N) is 1. The van der Waals surface area contributed by atoms with Crippen LogP contribution in [0.4, 0.5) is 13.2 Å². The zero-order valence-corrected chi connectivity index (χ0v) is 10.2. The molecule has 19 heavy (non-hydrogen) atoms. The third kappa shape index (κ3) is 3.46. The molecule has 5 nitrogen and oxygen atoms in total. The van der Waals surface area contributed by atoms with Gasteiger partial charge in [-0.3, -0.25) is 14.8 Å². The molecule has 2 rings (SSSR count). The number of piperidine rings is 1. The van der Waals surface area contributed by atoms with Crippen LogP contribution in [0.3, 0.4) is 0 Å². The molecule has 1 aliphatic rings. The summed E-state index contributed by atoms with van der Waals surface area (Å²) in [7, 11) is 0. The van der Waals surface area contributed by atoms with Gasteiger partial charge in [0.1, 0.15) is 0 Å². The zero-order valence-electron chi connectivity index (χ0n) is 10.2. The topological polar surface area (TPSA) is 75.0 Å². The minimum Gasteiger partial charge on any atom is -0.369 e. The van der Waals surface area contributed by atoms with Crippen molar-refractivity contribution in [1.82, 2.24) is 15.1 Å². The quantitative estimate of drug-likeness (QED) is 0.868. The van der Waals surface area contributed by atoms with E-state index >= 15 is 0 Å². The van der Waals surface area contributed by atoms with Crippen molar-refractivity contribution in [1.29, 1.82) is 0 Å². The third-order valence-electron chi connectivity index (χ3n) is 3.21. The molecule has 8 heteroatoms. The highest BCUT2D eigenvalue weighted by atomic mass is 19.4. The van der Waals surface area contributed by atoms with E-state index in [0.29, 0.717) is 12.2 Å². The molecule has 1 aliphatic heterocycles. The van der Waals surface area contributed by atoms with Gasteiger partial charge in [0.15, 0.2) is 5.69 Å². The Morgan fingerprint density at radius 1 is 1.58 bits per heavy atom. The number of likely N-dealkylation sites (tertiary alicyclic amines) is 1. The summed E-state index contributed by atoms with van der Waals surface area (Å²) >= 11 is 0. The number of carbonyl (C=O) groups is 1. The summed E-state index contributed by atoms with van der Waals surface area (Å²) < 4.78 is 37.4. The van der Waals surface area contributed by atoms with Crippen LogP contribution in [0.5, 0.6) is 0 Å². The molecule has 106 valence electrons. The highest BCUT2D eigenvalue weighted by Gasteiger charge is 2.35. The number of nitrogens with one attached hydrogen (secondary N) is 1. The van der Waals surface area contributed by atoms with E-state index in [-0.39, 0.29) is 12.5 Å². The first-order valence-corrected chi connectivity index (χ1v) is 5.99. The molecule has 1 amide bonds. The van der Waals surface area contributed by atoms with Crippen molar-refractivity contribution in [2.24, 2.45) is 5.73 Å². The molecular weight excluding hydrogens is 261 g/mol. The van der Waals surface area contributed by atoms with E-state index in [9.17, 15) is 18.0 Å². The van der Waals surface area contributed by atoms with Gasteiger partial charge >= 0.3 is 6.18 Å². The Kier molecular flexibility index (Phi) is 3.79. The SMILES string of the molecule is NC(=O)CN1CCC[C@H](c2cc(C(F)(F)F)n[nH]2)C1. The van der Waals surface area contributed by atoms with Gasteiger partial charge in [0.25, 0.3) is 0 Å². The number of nitrogens with zero attached hydrogens (tertiary/aromatic N) is 2. The Morgan fingerprint density at radius 3 is 2.89 bits per heavy atom. The summed E-state index contributed by atoms with van der Waals surface area (Å²) in [6, 6.07) is 1.04. The highest BCUT2D eigenvalue weighted by molar-refractivity contribution is 5.75. The van der Waals surface area contributed by atoms with Crippen LogP contribution >= 0.6 is 0 Å². The first-order chi connectivity index (χ1) is 8.86. The van der Waals surface area contributed by atoms with Gasteiger partial charge in [0.05, 0.1) is 6.54 Å². The first kappa shape index (κ1) is 13.9. The van der Waals surface area contributed by atoms with E-state index in [1.165, 1.54) is 0 Å². The fraction of sp³-hybridized carbons (Fsp3) is 0.636. The molecule has 0 unspecified atom stereocenters. The molecule has 1 atom stereocenters. The predicted molar refractivity (Wildman–Crippen MR) is 61.2 cm³/mol. The monoisotopic (exact) mass is 276 g/mol. The molecule has 0 saturated carbocycles. The van der Waals surface area contributed by atoms with Gasteiger partial charge in [0.2, 0.25) is 5.91 Å². The van der Waals surface area contributed by atoms with E-state index in [1.807, 2.05) is 4.90 Å². The van der Waals surface area contributed by atoms with Crippen LogP contribution in [0.1, 0.15) is 30.1 Å². The van der Waals surface area contributed by atoms with E-state index in [4.69, 9.17) is 5.73 Å². The van der Waals surface area contributed by atoms with Crippen LogP contribution in [0.2, 0.25) is 0 Å². The number of alkyl halides is 3. The molecular formula is C11H15F3N4O. The summed E-state index contributed by atoms with van der Waals surface area (Å²) in [6.45, 7) is 1.39. The number of aromatic amines is 1. The van der Waals surface area contributed by atoms with Gasteiger partial charge in [-0.15, -0.1) is 0 Å². The molecule has 0 aliphatic carbocycles. The Hall–Kier alpha value is -1.57. The Bertz CT molecular complexity index is 457. The van der Waals surface area contributed by atoms with Crippen molar-refractivity contribution in [2.45, 2.75) is 24.9 Å². The number of rotatable bonds is 3. The van der Waals surface area contributed by atoms with E-state index < -0.39 is 17.8 Å². The fourth-order valence-corrected chi connectivity index (χ4v) is 2.36. The molecule has 0 bridgehead atoms. The number of carbonyl (C=O) groups excluding carboxylic acids is 1. The molecule has 1 saturated heterocycles. The minimum absolute atomic E-state index is 0.0725. The van der Waals surface area contributed by atoms with Gasteiger partial charge < -0.3 is 5.73 Å². The number of hydrogen-bond acceptors (Lipinski definition) is 3. The average molecular weight is 276 g/mol. The second-order valence-corrected chi connectivity index (χ2v) is 4.75. The highest BCUT2D eigenvalue weighted by Crippen LogP contribution is 2.31. The molecule has 0 radical (unpaired) electrons. The lowest BCUT2D eigenvalue weighted by molar-refractivity contribution is -0.141. The lowest BCUT2D eigenvalue weighted by Crippen LogP contribution is -2.40. The lowest BCUT2D eigenvalue weighted by Gasteiger charge is -2.31. The summed E-state index contributed by atoms with van der Waals surface area (Å²) in [5.74, 6) is -0.502. The standard InChI is InChI=1S/C11H15F3N4O/c12-11(13,14)9-4-8(16-17-9)7-2-1-3-18(5-7)6-10(15)19/h4,7H,1-3,5-6H2,(H2,15,19)(H,16,17)/t7-/m0/s1. The van der Waals surface area contributed by atoms with Crippen LogP contribution in [-0.2, 0) is 11.0 Å². The number of amides is 1. The average Bonchev–Trinajstić information content (AvgIpc) is 2.77. The van der Waals surface area contributed by atoms with Crippen molar-refractivity contribution in [3.05, 3.63) is 17.5 Å². The van der Waals surface area contributed by atoms with Crippen molar-refractivity contribution in [2.75, 3.05) is 19.6 Å². The van der Waals surface area contributed by atoms with Crippen LogP contribution in [0.15, 0.2) is 6.07 Å². The fourth-order valence-electron chi connectivity index (χ4n) is 2.36. The van der Waals surface area contributed by atoms with E-state index in [1.54, 1.807) is 0 Å². The van der Waals surface area contributed by atoms with Gasteiger partial charge in [-0.1, -0.05) is 0 Å². The first-order valence-electron chi connectivity index (χ1n) is 5.99. The van der Waals surface area contributed by atoms with Crippen molar-refractivity contribution in [3.8, 4) is 0 Å². The number of H-pyrrole nitrogens is 1. The number of hydrogen-bond donors (Lipinski definition) is 2.